The first-order valence-corrected chi connectivity index (χ1v) is 10.7. The summed E-state index contributed by atoms with van der Waals surface area (Å²) in [5.41, 5.74) is 4.03. The standard InChI is InChI=1S/C23H18N2OS2/c26-22(16-27-23-25-20-8-4-5-9-21(20)28-23)24-19-14-12-18(13-15-19)11-10-17-6-2-1-3-7-17/h1-15H,16H2,(H,24,26)/b11-10-. The summed E-state index contributed by atoms with van der Waals surface area (Å²) in [5.74, 6) is 0.312. The third kappa shape index (κ3) is 4.88. The molecule has 0 unspecified atom stereocenters. The van der Waals surface area contributed by atoms with Crippen molar-refractivity contribution < 1.29 is 4.79 Å². The van der Waals surface area contributed by atoms with Crippen molar-refractivity contribution in [3.05, 3.63) is 90.0 Å². The van der Waals surface area contributed by atoms with E-state index in [0.29, 0.717) is 5.75 Å². The number of hydrogen-bond donors (Lipinski definition) is 1. The van der Waals surface area contributed by atoms with Crippen molar-refractivity contribution in [2.75, 3.05) is 11.1 Å². The van der Waals surface area contributed by atoms with Gasteiger partial charge in [0.2, 0.25) is 5.91 Å². The number of para-hydroxylation sites is 1. The molecule has 3 aromatic carbocycles. The van der Waals surface area contributed by atoms with E-state index in [1.807, 2.05) is 66.7 Å². The number of carbonyl (C=O) groups is 1. The van der Waals surface area contributed by atoms with Gasteiger partial charge < -0.3 is 5.32 Å². The van der Waals surface area contributed by atoms with E-state index in [1.165, 1.54) is 11.8 Å². The molecule has 1 aromatic heterocycles. The van der Waals surface area contributed by atoms with Crippen molar-refractivity contribution in [1.82, 2.24) is 4.98 Å². The van der Waals surface area contributed by atoms with Crippen LogP contribution >= 0.6 is 23.1 Å². The number of benzene rings is 3. The molecule has 0 spiro atoms. The normalized spacial score (nSPS) is 11.1. The first-order valence-electron chi connectivity index (χ1n) is 8.88. The van der Waals surface area contributed by atoms with E-state index in [2.05, 4.69) is 34.6 Å². The van der Waals surface area contributed by atoms with Crippen LogP contribution in [0.1, 0.15) is 11.1 Å². The van der Waals surface area contributed by atoms with Crippen LogP contribution in [0.2, 0.25) is 0 Å². The van der Waals surface area contributed by atoms with Crippen molar-refractivity contribution in [3.63, 3.8) is 0 Å². The number of nitrogens with one attached hydrogen (secondary N) is 1. The maximum Gasteiger partial charge on any atom is 0.234 e. The summed E-state index contributed by atoms with van der Waals surface area (Å²) in [6.07, 6.45) is 4.13. The van der Waals surface area contributed by atoms with Crippen LogP contribution in [-0.2, 0) is 4.79 Å². The smallest absolute Gasteiger partial charge is 0.234 e. The van der Waals surface area contributed by atoms with Gasteiger partial charge in [-0.05, 0) is 35.4 Å². The first kappa shape index (κ1) is 18.5. The zero-order chi connectivity index (χ0) is 19.2. The number of carbonyl (C=O) groups excluding carboxylic acids is 1. The molecular formula is C23H18N2OS2. The molecule has 0 bridgehead atoms. The summed E-state index contributed by atoms with van der Waals surface area (Å²) in [5, 5.41) is 2.94. The van der Waals surface area contributed by atoms with Gasteiger partial charge in [-0.15, -0.1) is 11.3 Å². The molecule has 4 aromatic rings. The zero-order valence-electron chi connectivity index (χ0n) is 15.0. The second-order valence-electron chi connectivity index (χ2n) is 6.15. The van der Waals surface area contributed by atoms with E-state index < -0.39 is 0 Å². The number of aromatic nitrogens is 1. The number of thiazole rings is 1. The summed E-state index contributed by atoms with van der Waals surface area (Å²) in [7, 11) is 0. The summed E-state index contributed by atoms with van der Waals surface area (Å²) < 4.78 is 2.06. The van der Waals surface area contributed by atoms with Gasteiger partial charge in [-0.2, -0.15) is 0 Å². The van der Waals surface area contributed by atoms with Crippen LogP contribution in [0, 0.1) is 0 Å². The predicted molar refractivity (Wildman–Crippen MR) is 121 cm³/mol. The van der Waals surface area contributed by atoms with Crippen molar-refractivity contribution in [3.8, 4) is 0 Å². The molecule has 0 aliphatic carbocycles. The van der Waals surface area contributed by atoms with Gasteiger partial charge in [0.25, 0.3) is 0 Å². The summed E-state index contributed by atoms with van der Waals surface area (Å²) >= 11 is 3.08. The Balaban J connectivity index is 1.31. The third-order valence-corrected chi connectivity index (χ3v) is 6.24. The zero-order valence-corrected chi connectivity index (χ0v) is 16.7. The highest BCUT2D eigenvalue weighted by molar-refractivity contribution is 8.01. The highest BCUT2D eigenvalue weighted by Crippen LogP contribution is 2.29. The van der Waals surface area contributed by atoms with Gasteiger partial charge in [0.1, 0.15) is 0 Å². The predicted octanol–water partition coefficient (Wildman–Crippen LogP) is 6.20. The lowest BCUT2D eigenvalue weighted by molar-refractivity contribution is -0.113. The Morgan fingerprint density at radius 2 is 1.57 bits per heavy atom. The van der Waals surface area contributed by atoms with Gasteiger partial charge in [0, 0.05) is 5.69 Å². The molecule has 0 atom stereocenters. The second-order valence-corrected chi connectivity index (χ2v) is 8.40. The fraction of sp³-hybridized carbons (Fsp3) is 0.0435. The van der Waals surface area contributed by atoms with Crippen molar-refractivity contribution in [1.29, 1.82) is 0 Å². The molecule has 4 rings (SSSR count). The van der Waals surface area contributed by atoms with Crippen molar-refractivity contribution >= 4 is 57.1 Å². The largest absolute Gasteiger partial charge is 0.325 e. The van der Waals surface area contributed by atoms with Gasteiger partial charge in [0.15, 0.2) is 4.34 Å². The quantitative estimate of drug-likeness (QED) is 0.308. The Morgan fingerprint density at radius 3 is 2.32 bits per heavy atom. The number of amides is 1. The summed E-state index contributed by atoms with van der Waals surface area (Å²) in [6, 6.07) is 26.0. The van der Waals surface area contributed by atoms with Crippen LogP contribution in [0.4, 0.5) is 5.69 Å². The topological polar surface area (TPSA) is 42.0 Å². The van der Waals surface area contributed by atoms with Gasteiger partial charge in [-0.1, -0.05) is 78.5 Å². The van der Waals surface area contributed by atoms with Crippen LogP contribution in [0.5, 0.6) is 0 Å². The molecule has 3 nitrogen and oxygen atoms in total. The van der Waals surface area contributed by atoms with E-state index in [1.54, 1.807) is 11.3 Å². The van der Waals surface area contributed by atoms with Gasteiger partial charge in [-0.3, -0.25) is 4.79 Å². The lowest BCUT2D eigenvalue weighted by atomic mass is 10.1. The van der Waals surface area contributed by atoms with Crippen LogP contribution in [-0.4, -0.2) is 16.6 Å². The molecule has 1 amide bonds. The lowest BCUT2D eigenvalue weighted by Gasteiger charge is -2.04. The molecule has 138 valence electrons. The number of hydrogen-bond acceptors (Lipinski definition) is 4. The monoisotopic (exact) mass is 402 g/mol. The van der Waals surface area contributed by atoms with Crippen LogP contribution in [0.15, 0.2) is 83.2 Å². The molecule has 28 heavy (non-hydrogen) atoms. The Kier molecular flexibility index (Phi) is 5.85. The molecule has 0 saturated carbocycles. The summed E-state index contributed by atoms with van der Waals surface area (Å²) in [4.78, 5) is 16.8. The number of fused-ring (bicyclic) bond motifs is 1. The average molecular weight is 403 g/mol. The Labute approximate surface area is 172 Å². The minimum atomic E-state index is -0.0307. The maximum atomic E-state index is 12.2. The molecule has 1 heterocycles. The third-order valence-electron chi connectivity index (χ3n) is 4.06. The molecule has 1 N–H and O–H groups in total. The second kappa shape index (κ2) is 8.87. The Bertz CT molecular complexity index is 1070. The highest BCUT2D eigenvalue weighted by Gasteiger charge is 2.08. The molecule has 0 fully saturated rings. The minimum absolute atomic E-state index is 0.0307. The van der Waals surface area contributed by atoms with Crippen LogP contribution in [0.25, 0.3) is 22.4 Å². The fourth-order valence-corrected chi connectivity index (χ4v) is 4.54. The van der Waals surface area contributed by atoms with E-state index >= 15 is 0 Å². The molecule has 5 heteroatoms. The molecule has 0 radical (unpaired) electrons. The van der Waals surface area contributed by atoms with E-state index in [9.17, 15) is 4.79 Å². The van der Waals surface area contributed by atoms with Gasteiger partial charge in [-0.25, -0.2) is 4.98 Å². The molecular weight excluding hydrogens is 384 g/mol. The number of anilines is 1. The maximum absolute atomic E-state index is 12.2. The van der Waals surface area contributed by atoms with Gasteiger partial charge in [0.05, 0.1) is 16.0 Å². The van der Waals surface area contributed by atoms with Gasteiger partial charge >= 0.3 is 0 Å². The van der Waals surface area contributed by atoms with E-state index in [4.69, 9.17) is 0 Å². The van der Waals surface area contributed by atoms with Crippen molar-refractivity contribution in [2.45, 2.75) is 4.34 Å². The SMILES string of the molecule is O=C(CSc1nc2ccccc2s1)Nc1ccc(/C=C\c2ccccc2)cc1. The lowest BCUT2D eigenvalue weighted by Crippen LogP contribution is -2.13. The van der Waals surface area contributed by atoms with Crippen molar-refractivity contribution in [2.24, 2.45) is 0 Å². The van der Waals surface area contributed by atoms with Crippen LogP contribution in [0.3, 0.4) is 0 Å². The fourth-order valence-electron chi connectivity index (χ4n) is 2.67. The van der Waals surface area contributed by atoms with Crippen LogP contribution < -0.4 is 5.32 Å². The number of rotatable bonds is 6. The number of thioether (sulfide) groups is 1. The first-order chi connectivity index (χ1) is 13.8. The van der Waals surface area contributed by atoms with E-state index in [-0.39, 0.29) is 5.91 Å². The number of nitrogens with zero attached hydrogens (tertiary/aromatic N) is 1. The Morgan fingerprint density at radius 1 is 0.893 bits per heavy atom. The minimum Gasteiger partial charge on any atom is -0.325 e. The summed E-state index contributed by atoms with van der Waals surface area (Å²) in [6.45, 7) is 0. The molecule has 0 aliphatic heterocycles. The molecule has 0 saturated heterocycles. The average Bonchev–Trinajstić information content (AvgIpc) is 3.16. The van der Waals surface area contributed by atoms with E-state index in [0.717, 1.165) is 31.4 Å². The molecule has 0 aliphatic rings. The Hall–Kier alpha value is -2.89. The highest BCUT2D eigenvalue weighted by atomic mass is 32.2.